The molecule has 35 heavy (non-hydrogen) atoms. The maximum atomic E-state index is 15.2. The maximum absolute atomic E-state index is 15.2. The van der Waals surface area contributed by atoms with Crippen molar-refractivity contribution in [2.75, 3.05) is 11.4 Å². The molecule has 0 saturated carbocycles. The number of amides is 1. The van der Waals surface area contributed by atoms with Crippen molar-refractivity contribution in [3.8, 4) is 6.07 Å². The molecule has 8 nitrogen and oxygen atoms in total. The number of nitrogens with one attached hydrogen (secondary N) is 1. The quantitative estimate of drug-likeness (QED) is 0.550. The second-order valence-corrected chi connectivity index (χ2v) is 9.71. The van der Waals surface area contributed by atoms with E-state index in [4.69, 9.17) is 5.26 Å². The third-order valence-corrected chi connectivity index (χ3v) is 6.27. The summed E-state index contributed by atoms with van der Waals surface area (Å²) < 4.78 is 82.5. The van der Waals surface area contributed by atoms with E-state index in [0.717, 1.165) is 23.1 Å². The number of alkyl halides is 3. The van der Waals surface area contributed by atoms with Crippen molar-refractivity contribution in [2.24, 2.45) is 16.1 Å². The fourth-order valence-corrected chi connectivity index (χ4v) is 4.23. The van der Waals surface area contributed by atoms with Gasteiger partial charge in [0.2, 0.25) is 10.0 Å². The van der Waals surface area contributed by atoms with Gasteiger partial charge in [0.1, 0.15) is 11.9 Å². The van der Waals surface area contributed by atoms with Crippen LogP contribution in [0.3, 0.4) is 0 Å². The van der Waals surface area contributed by atoms with Gasteiger partial charge in [-0.3, -0.25) is 9.69 Å². The molecule has 1 aliphatic heterocycles. The molecule has 1 N–H and O–H groups in total. The van der Waals surface area contributed by atoms with Crippen molar-refractivity contribution in [1.82, 2.24) is 4.72 Å². The number of nitrogens with zero attached hydrogens (tertiary/aromatic N) is 4. The summed E-state index contributed by atoms with van der Waals surface area (Å²) in [5, 5.41) is 15.2. The molecule has 0 bridgehead atoms. The summed E-state index contributed by atoms with van der Waals surface area (Å²) in [5.74, 6) is -2.34. The molecule has 1 heterocycles. The third kappa shape index (κ3) is 5.23. The number of carbonyl (C=O) groups excluding carboxylic acids is 1. The lowest BCUT2D eigenvalue weighted by molar-refractivity contribution is -0.155. The third-order valence-electron chi connectivity index (χ3n) is 4.85. The van der Waals surface area contributed by atoms with Crippen LogP contribution in [0.5, 0.6) is 0 Å². The summed E-state index contributed by atoms with van der Waals surface area (Å²) in [4.78, 5) is 13.5. The van der Waals surface area contributed by atoms with Gasteiger partial charge in [0.25, 0.3) is 11.4 Å². The lowest BCUT2D eigenvalue weighted by Gasteiger charge is -2.23. The largest absolute Gasteiger partial charge is 0.432 e. The summed E-state index contributed by atoms with van der Waals surface area (Å²) in [7, 11) is -4.06. The van der Waals surface area contributed by atoms with E-state index in [2.05, 4.69) is 15.0 Å². The van der Waals surface area contributed by atoms with Gasteiger partial charge in [-0.1, -0.05) is 32.0 Å². The second-order valence-electron chi connectivity index (χ2n) is 7.94. The van der Waals surface area contributed by atoms with Gasteiger partial charge in [0, 0.05) is 18.3 Å². The second kappa shape index (κ2) is 9.55. The van der Waals surface area contributed by atoms with Crippen molar-refractivity contribution in [2.45, 2.75) is 30.5 Å². The maximum Gasteiger partial charge on any atom is 0.432 e. The van der Waals surface area contributed by atoms with Crippen LogP contribution in [0.25, 0.3) is 0 Å². The molecule has 3 rings (SSSR count). The predicted molar refractivity (Wildman–Crippen MR) is 117 cm³/mol. The normalized spacial score (nSPS) is 17.8. The highest BCUT2D eigenvalue weighted by atomic mass is 32.2. The number of azo groups is 1. The van der Waals surface area contributed by atoms with Gasteiger partial charge in [-0.15, -0.1) is 5.11 Å². The highest BCUT2D eigenvalue weighted by molar-refractivity contribution is 7.89. The minimum absolute atomic E-state index is 0.00818. The molecule has 0 spiro atoms. The molecule has 13 heteroatoms. The van der Waals surface area contributed by atoms with Crippen molar-refractivity contribution < 1.29 is 30.8 Å². The van der Waals surface area contributed by atoms with E-state index < -0.39 is 49.7 Å². The lowest BCUT2D eigenvalue weighted by atomic mass is 10.0. The van der Waals surface area contributed by atoms with Gasteiger partial charge in [-0.25, -0.2) is 17.5 Å². The first-order valence-electron chi connectivity index (χ1n) is 10.1. The summed E-state index contributed by atoms with van der Waals surface area (Å²) in [6.45, 7) is 3.67. The number of nitriles is 1. The minimum Gasteiger partial charge on any atom is -0.273 e. The Kier molecular flexibility index (Phi) is 7.09. The molecule has 184 valence electrons. The Bertz CT molecular complexity index is 1340. The van der Waals surface area contributed by atoms with E-state index in [1.807, 2.05) is 0 Å². The predicted octanol–water partition coefficient (Wildman–Crippen LogP) is 4.60. The van der Waals surface area contributed by atoms with E-state index in [0.29, 0.717) is 6.07 Å². The van der Waals surface area contributed by atoms with Crippen LogP contribution in [0.2, 0.25) is 0 Å². The van der Waals surface area contributed by atoms with Crippen LogP contribution >= 0.6 is 0 Å². The number of rotatable bonds is 7. The molecule has 1 amide bonds. The van der Waals surface area contributed by atoms with Gasteiger partial charge < -0.3 is 0 Å². The molecule has 0 aromatic heterocycles. The number of para-hydroxylation sites is 1. The summed E-state index contributed by atoms with van der Waals surface area (Å²) in [6.07, 6.45) is -4.88. The summed E-state index contributed by atoms with van der Waals surface area (Å²) >= 11 is 0. The van der Waals surface area contributed by atoms with Crippen molar-refractivity contribution in [1.29, 1.82) is 5.26 Å². The molecule has 1 atom stereocenters. The van der Waals surface area contributed by atoms with E-state index >= 15 is 4.39 Å². The van der Waals surface area contributed by atoms with Gasteiger partial charge in [0.05, 0.1) is 10.6 Å². The van der Waals surface area contributed by atoms with Crippen molar-refractivity contribution in [3.63, 3.8) is 0 Å². The fourth-order valence-electron chi connectivity index (χ4n) is 3.00. The van der Waals surface area contributed by atoms with E-state index in [-0.39, 0.29) is 24.2 Å². The first kappa shape index (κ1) is 26.0. The average Bonchev–Trinajstić information content (AvgIpc) is 3.26. The number of benzene rings is 2. The zero-order valence-electron chi connectivity index (χ0n) is 18.4. The van der Waals surface area contributed by atoms with Crippen LogP contribution in [0, 0.1) is 23.1 Å². The Balaban J connectivity index is 2.07. The van der Waals surface area contributed by atoms with E-state index in [1.54, 1.807) is 19.9 Å². The number of halogens is 4. The van der Waals surface area contributed by atoms with Gasteiger partial charge in [0.15, 0.2) is 5.70 Å². The Labute approximate surface area is 198 Å². The Morgan fingerprint density at radius 2 is 1.86 bits per heavy atom. The van der Waals surface area contributed by atoms with Crippen LogP contribution in [0.15, 0.2) is 75.4 Å². The monoisotopic (exact) mass is 509 g/mol. The standard InChI is InChI=1S/C22H19F4N5O3S/c1-14(2)12-28-35(33,34)16-8-9-19(17(23)10-16)31(15-6-4-3-5-7-15)20(32)18-11-21(13-27,30-29-18)22(24,25)26/h3-11,14,28H,12H2,1-2H3. The zero-order valence-corrected chi connectivity index (χ0v) is 19.2. The molecule has 1 unspecified atom stereocenters. The van der Waals surface area contributed by atoms with Crippen molar-refractivity contribution >= 4 is 27.3 Å². The summed E-state index contributed by atoms with van der Waals surface area (Å²) in [6, 6.07) is 11.1. The van der Waals surface area contributed by atoms with Crippen LogP contribution in [0.1, 0.15) is 13.8 Å². The topological polar surface area (TPSA) is 115 Å². The minimum atomic E-state index is -5.14. The highest BCUT2D eigenvalue weighted by Crippen LogP contribution is 2.41. The first-order valence-corrected chi connectivity index (χ1v) is 11.6. The molecule has 0 fully saturated rings. The van der Waals surface area contributed by atoms with Gasteiger partial charge >= 0.3 is 6.18 Å². The number of carbonyl (C=O) groups is 1. The summed E-state index contributed by atoms with van der Waals surface area (Å²) in [5.41, 5.74) is -4.56. The molecule has 0 radical (unpaired) electrons. The SMILES string of the molecule is CC(C)CNS(=O)(=O)c1ccc(N(C(=O)C2=CC(C#N)(C(F)(F)F)N=N2)c2ccccc2)c(F)c1. The molecule has 2 aromatic rings. The van der Waals surface area contributed by atoms with Crippen LogP contribution in [0.4, 0.5) is 28.9 Å². The number of hydrogen-bond donors (Lipinski definition) is 1. The number of anilines is 2. The van der Waals surface area contributed by atoms with Crippen LogP contribution < -0.4 is 9.62 Å². The lowest BCUT2D eigenvalue weighted by Crippen LogP contribution is -2.39. The van der Waals surface area contributed by atoms with Crippen LogP contribution in [-0.4, -0.2) is 32.6 Å². The van der Waals surface area contributed by atoms with E-state index in [9.17, 15) is 26.4 Å². The zero-order chi connectivity index (χ0) is 26.0. The Hall–Kier alpha value is -3.63. The molecule has 1 aliphatic rings. The molecule has 0 aliphatic carbocycles. The Morgan fingerprint density at radius 3 is 2.37 bits per heavy atom. The number of sulfonamides is 1. The average molecular weight is 509 g/mol. The van der Waals surface area contributed by atoms with Crippen LogP contribution in [-0.2, 0) is 14.8 Å². The first-order chi connectivity index (χ1) is 16.3. The van der Waals surface area contributed by atoms with E-state index in [1.165, 1.54) is 24.3 Å². The van der Waals surface area contributed by atoms with Gasteiger partial charge in [-0.2, -0.15) is 23.5 Å². The molecule has 2 aromatic carbocycles. The van der Waals surface area contributed by atoms with Gasteiger partial charge in [-0.05, 0) is 36.2 Å². The Morgan fingerprint density at radius 1 is 1.20 bits per heavy atom. The van der Waals surface area contributed by atoms with Crippen molar-refractivity contribution in [3.05, 3.63) is 66.1 Å². The fraction of sp³-hybridized carbons (Fsp3) is 0.273. The number of hydrogen-bond acceptors (Lipinski definition) is 6. The molecule has 0 saturated heterocycles. The molecular weight excluding hydrogens is 490 g/mol. The highest BCUT2D eigenvalue weighted by Gasteiger charge is 2.58. The molecular formula is C22H19F4N5O3S. The smallest absolute Gasteiger partial charge is 0.273 e.